The van der Waals surface area contributed by atoms with Crippen LogP contribution in [-0.2, 0) is 27.7 Å². The molecule has 8 heteroatoms. The van der Waals surface area contributed by atoms with Gasteiger partial charge < -0.3 is 10.2 Å². The van der Waals surface area contributed by atoms with Crippen LogP contribution in [0.4, 0.5) is 17.1 Å². The zero-order valence-corrected chi connectivity index (χ0v) is 18.2. The Balaban J connectivity index is 1.37. The SMILES string of the molecule is CCN1CCc2ccc(NC(=O)Cc3ccc(NS(=O)(=O)c4cccs4)cc3)cc21. The Hall–Kier alpha value is -2.84. The molecule has 0 radical (unpaired) electrons. The lowest BCUT2D eigenvalue weighted by Crippen LogP contribution is -2.19. The smallest absolute Gasteiger partial charge is 0.271 e. The van der Waals surface area contributed by atoms with E-state index in [1.54, 1.807) is 41.8 Å². The van der Waals surface area contributed by atoms with Crippen molar-refractivity contribution in [3.63, 3.8) is 0 Å². The highest BCUT2D eigenvalue weighted by Crippen LogP contribution is 2.30. The van der Waals surface area contributed by atoms with E-state index >= 15 is 0 Å². The van der Waals surface area contributed by atoms with Gasteiger partial charge in [0, 0.05) is 30.2 Å². The van der Waals surface area contributed by atoms with Crippen molar-refractivity contribution in [3.8, 4) is 0 Å². The van der Waals surface area contributed by atoms with E-state index in [1.165, 1.54) is 11.3 Å². The van der Waals surface area contributed by atoms with Crippen molar-refractivity contribution >= 4 is 44.3 Å². The van der Waals surface area contributed by atoms with E-state index in [9.17, 15) is 13.2 Å². The minimum Gasteiger partial charge on any atom is -0.371 e. The molecule has 1 aliphatic heterocycles. The maximum atomic E-state index is 12.5. The molecule has 0 bridgehead atoms. The van der Waals surface area contributed by atoms with Crippen molar-refractivity contribution in [2.75, 3.05) is 28.0 Å². The van der Waals surface area contributed by atoms with Crippen molar-refractivity contribution in [3.05, 3.63) is 71.1 Å². The number of anilines is 3. The van der Waals surface area contributed by atoms with Crippen LogP contribution in [0.1, 0.15) is 18.1 Å². The summed E-state index contributed by atoms with van der Waals surface area (Å²) in [7, 11) is -3.57. The largest absolute Gasteiger partial charge is 0.371 e. The van der Waals surface area contributed by atoms with Gasteiger partial charge in [-0.05, 0) is 60.2 Å². The first kappa shape index (κ1) is 20.4. The standard InChI is InChI=1S/C22H23N3O3S2/c1-2-25-12-11-17-7-10-19(15-20(17)25)23-21(26)14-16-5-8-18(9-6-16)24-30(27,28)22-4-3-13-29-22/h3-10,13,15,24H,2,11-12,14H2,1H3,(H,23,26). The van der Waals surface area contributed by atoms with Gasteiger partial charge in [-0.1, -0.05) is 24.3 Å². The van der Waals surface area contributed by atoms with Crippen molar-refractivity contribution in [1.29, 1.82) is 0 Å². The molecule has 4 rings (SSSR count). The van der Waals surface area contributed by atoms with Gasteiger partial charge in [-0.2, -0.15) is 0 Å². The average molecular weight is 442 g/mol. The first-order valence-corrected chi connectivity index (χ1v) is 12.1. The summed E-state index contributed by atoms with van der Waals surface area (Å²) in [5, 5.41) is 4.68. The highest BCUT2D eigenvalue weighted by atomic mass is 32.2. The van der Waals surface area contributed by atoms with E-state index < -0.39 is 10.0 Å². The molecule has 1 aliphatic rings. The molecule has 0 spiro atoms. The maximum Gasteiger partial charge on any atom is 0.271 e. The molecule has 1 amide bonds. The zero-order chi connectivity index (χ0) is 21.1. The summed E-state index contributed by atoms with van der Waals surface area (Å²) in [6.45, 7) is 4.10. The van der Waals surface area contributed by atoms with E-state index in [0.29, 0.717) is 5.69 Å². The monoisotopic (exact) mass is 441 g/mol. The molecule has 0 saturated carbocycles. The number of nitrogens with zero attached hydrogens (tertiary/aromatic N) is 1. The number of sulfonamides is 1. The lowest BCUT2D eigenvalue weighted by molar-refractivity contribution is -0.115. The van der Waals surface area contributed by atoms with E-state index in [1.807, 2.05) is 12.1 Å². The number of hydrogen-bond acceptors (Lipinski definition) is 5. The molecule has 0 aliphatic carbocycles. The predicted molar refractivity (Wildman–Crippen MR) is 122 cm³/mol. The highest BCUT2D eigenvalue weighted by molar-refractivity contribution is 7.94. The van der Waals surface area contributed by atoms with Crippen molar-refractivity contribution in [2.24, 2.45) is 0 Å². The molecule has 3 aromatic rings. The molecule has 2 N–H and O–H groups in total. The van der Waals surface area contributed by atoms with Crippen LogP contribution >= 0.6 is 11.3 Å². The Labute approximate surface area is 180 Å². The quantitative estimate of drug-likeness (QED) is 0.578. The van der Waals surface area contributed by atoms with Crippen LogP contribution in [0.3, 0.4) is 0 Å². The Morgan fingerprint density at radius 1 is 1.10 bits per heavy atom. The summed E-state index contributed by atoms with van der Waals surface area (Å²) in [5.74, 6) is -0.108. The van der Waals surface area contributed by atoms with Gasteiger partial charge in [0.05, 0.1) is 6.42 Å². The molecule has 0 unspecified atom stereocenters. The second kappa shape index (κ2) is 8.49. The number of carbonyl (C=O) groups excluding carboxylic acids is 1. The number of amides is 1. The van der Waals surface area contributed by atoms with Crippen LogP contribution in [0.2, 0.25) is 0 Å². The van der Waals surface area contributed by atoms with Gasteiger partial charge in [-0.25, -0.2) is 8.42 Å². The number of fused-ring (bicyclic) bond motifs is 1. The third-order valence-corrected chi connectivity index (χ3v) is 7.85. The number of likely N-dealkylation sites (N-methyl/N-ethyl adjacent to an activating group) is 1. The summed E-state index contributed by atoms with van der Waals surface area (Å²) in [5.41, 5.74) is 4.57. The minimum absolute atomic E-state index is 0.108. The summed E-state index contributed by atoms with van der Waals surface area (Å²) < 4.78 is 27.4. The Bertz CT molecular complexity index is 1140. The number of thiophene rings is 1. The number of hydrogen-bond donors (Lipinski definition) is 2. The summed E-state index contributed by atoms with van der Waals surface area (Å²) in [6.07, 6.45) is 1.26. The summed E-state index contributed by atoms with van der Waals surface area (Å²) in [4.78, 5) is 14.8. The normalized spacial score (nSPS) is 13.2. The van der Waals surface area contributed by atoms with Gasteiger partial charge in [-0.3, -0.25) is 9.52 Å². The van der Waals surface area contributed by atoms with Gasteiger partial charge in [0.15, 0.2) is 0 Å². The van der Waals surface area contributed by atoms with E-state index in [2.05, 4.69) is 27.9 Å². The lowest BCUT2D eigenvalue weighted by atomic mass is 10.1. The number of carbonyl (C=O) groups is 1. The molecule has 1 aromatic heterocycles. The molecule has 0 saturated heterocycles. The first-order chi connectivity index (χ1) is 14.4. The van der Waals surface area contributed by atoms with E-state index in [-0.39, 0.29) is 16.5 Å². The highest BCUT2D eigenvalue weighted by Gasteiger charge is 2.18. The molecule has 0 atom stereocenters. The third kappa shape index (κ3) is 4.49. The molecule has 6 nitrogen and oxygen atoms in total. The Morgan fingerprint density at radius 3 is 2.57 bits per heavy atom. The van der Waals surface area contributed by atoms with Crippen molar-refractivity contribution in [2.45, 2.75) is 24.0 Å². The van der Waals surface area contributed by atoms with Crippen molar-refractivity contribution in [1.82, 2.24) is 0 Å². The van der Waals surface area contributed by atoms with Gasteiger partial charge in [0.25, 0.3) is 10.0 Å². The number of benzene rings is 2. The van der Waals surface area contributed by atoms with Gasteiger partial charge in [0.2, 0.25) is 5.91 Å². The fourth-order valence-electron chi connectivity index (χ4n) is 3.55. The number of nitrogens with one attached hydrogen (secondary N) is 2. The molecule has 156 valence electrons. The molecule has 2 heterocycles. The second-order valence-corrected chi connectivity index (χ2v) is 9.99. The average Bonchev–Trinajstić information content (AvgIpc) is 3.39. The van der Waals surface area contributed by atoms with Crippen LogP contribution in [0, 0.1) is 0 Å². The van der Waals surface area contributed by atoms with Crippen LogP contribution < -0.4 is 14.9 Å². The minimum atomic E-state index is -3.57. The molecule has 2 aromatic carbocycles. The molecule has 30 heavy (non-hydrogen) atoms. The van der Waals surface area contributed by atoms with E-state index in [4.69, 9.17) is 0 Å². The van der Waals surface area contributed by atoms with Crippen molar-refractivity contribution < 1.29 is 13.2 Å². The van der Waals surface area contributed by atoms with E-state index in [0.717, 1.165) is 42.1 Å². The van der Waals surface area contributed by atoms with Crippen LogP contribution in [0.15, 0.2) is 64.2 Å². The van der Waals surface area contributed by atoms with Gasteiger partial charge >= 0.3 is 0 Å². The fraction of sp³-hybridized carbons (Fsp3) is 0.227. The number of rotatable bonds is 7. The Morgan fingerprint density at radius 2 is 1.87 bits per heavy atom. The summed E-state index contributed by atoms with van der Waals surface area (Å²) in [6, 6.07) is 16.2. The maximum absolute atomic E-state index is 12.5. The zero-order valence-electron chi connectivity index (χ0n) is 16.6. The second-order valence-electron chi connectivity index (χ2n) is 7.13. The fourth-order valence-corrected chi connectivity index (χ4v) is 5.61. The summed E-state index contributed by atoms with van der Waals surface area (Å²) >= 11 is 1.16. The van der Waals surface area contributed by atoms with Crippen LogP contribution in [0.5, 0.6) is 0 Å². The van der Waals surface area contributed by atoms with Crippen LogP contribution in [0.25, 0.3) is 0 Å². The third-order valence-electron chi connectivity index (χ3n) is 5.07. The van der Waals surface area contributed by atoms with Gasteiger partial charge in [-0.15, -0.1) is 11.3 Å². The van der Waals surface area contributed by atoms with Gasteiger partial charge in [0.1, 0.15) is 4.21 Å². The predicted octanol–water partition coefficient (Wildman–Crippen LogP) is 4.11. The first-order valence-electron chi connectivity index (χ1n) is 9.77. The van der Waals surface area contributed by atoms with Crippen LogP contribution in [-0.4, -0.2) is 27.4 Å². The molecule has 0 fully saturated rings. The topological polar surface area (TPSA) is 78.5 Å². The molecular formula is C22H23N3O3S2. The Kier molecular flexibility index (Phi) is 5.78. The lowest BCUT2D eigenvalue weighted by Gasteiger charge is -2.17. The molecular weight excluding hydrogens is 418 g/mol.